The molecule has 1 atom stereocenters. The number of likely N-dealkylation sites (tertiary alicyclic amines) is 1. The van der Waals surface area contributed by atoms with E-state index in [1.165, 1.54) is 36.0 Å². The van der Waals surface area contributed by atoms with Crippen LogP contribution in [-0.4, -0.2) is 83.3 Å². The zero-order valence-corrected chi connectivity index (χ0v) is 22.4. The number of hydrogen-bond acceptors (Lipinski definition) is 6. The van der Waals surface area contributed by atoms with Crippen LogP contribution < -0.4 is 4.90 Å². The topological polar surface area (TPSA) is 55.7 Å². The van der Waals surface area contributed by atoms with Gasteiger partial charge in [-0.15, -0.1) is 0 Å². The van der Waals surface area contributed by atoms with E-state index in [2.05, 4.69) is 64.9 Å². The molecular weight excluding hydrogens is 458 g/mol. The molecule has 196 valence electrons. The van der Waals surface area contributed by atoms with Crippen LogP contribution in [0.3, 0.4) is 0 Å². The second-order valence-electron chi connectivity index (χ2n) is 10.8. The Labute approximate surface area is 222 Å². The van der Waals surface area contributed by atoms with Gasteiger partial charge in [-0.1, -0.05) is 66.6 Å². The van der Waals surface area contributed by atoms with E-state index >= 15 is 0 Å². The molecule has 0 unspecified atom stereocenters. The predicted octanol–water partition coefficient (Wildman–Crippen LogP) is 4.32. The summed E-state index contributed by atoms with van der Waals surface area (Å²) in [6, 6.07) is 19.0. The van der Waals surface area contributed by atoms with Crippen molar-refractivity contribution < 1.29 is 5.11 Å². The smallest absolute Gasteiger partial charge is 0.161 e. The van der Waals surface area contributed by atoms with Crippen LogP contribution in [0.4, 0.5) is 5.82 Å². The van der Waals surface area contributed by atoms with Crippen LogP contribution in [0, 0.1) is 13.8 Å². The van der Waals surface area contributed by atoms with E-state index in [0.717, 1.165) is 81.7 Å². The Bertz CT molecular complexity index is 1150. The first-order valence-corrected chi connectivity index (χ1v) is 13.9. The lowest BCUT2D eigenvalue weighted by Crippen LogP contribution is -2.50. The number of hydrogen-bond donors (Lipinski definition) is 1. The molecule has 2 aliphatic rings. The lowest BCUT2D eigenvalue weighted by molar-refractivity contribution is 0.0651. The molecule has 0 aliphatic carbocycles. The Morgan fingerprint density at radius 1 is 0.784 bits per heavy atom. The van der Waals surface area contributed by atoms with E-state index in [9.17, 15) is 5.11 Å². The van der Waals surface area contributed by atoms with Gasteiger partial charge in [0.25, 0.3) is 0 Å². The van der Waals surface area contributed by atoms with Gasteiger partial charge in [0.2, 0.25) is 0 Å². The summed E-state index contributed by atoms with van der Waals surface area (Å²) in [6.45, 7) is 11.8. The molecule has 0 radical (unpaired) electrons. The fourth-order valence-corrected chi connectivity index (χ4v) is 5.73. The standard InChI is InChI=1S/C31H41N5O/c1-24-10-9-11-26(20-24)21-29-25(2)32-30(27-12-5-3-6-13-27)33-31(29)36-18-16-35(17-19-36)23-28(37)22-34-14-7-4-8-15-34/h3,5-6,9-13,20,28,37H,4,7-8,14-19,21-23H2,1-2H3/t28-/m0/s1. The van der Waals surface area contributed by atoms with Gasteiger partial charge in [-0.05, 0) is 45.3 Å². The average molecular weight is 500 g/mol. The van der Waals surface area contributed by atoms with Gasteiger partial charge in [-0.2, -0.15) is 0 Å². The molecule has 6 nitrogen and oxygen atoms in total. The summed E-state index contributed by atoms with van der Waals surface area (Å²) >= 11 is 0. The summed E-state index contributed by atoms with van der Waals surface area (Å²) in [6.07, 6.45) is 4.40. The maximum atomic E-state index is 10.7. The van der Waals surface area contributed by atoms with Gasteiger partial charge in [0, 0.05) is 62.5 Å². The normalized spacial score (nSPS) is 18.2. The lowest BCUT2D eigenvalue weighted by atomic mass is 10.0. The van der Waals surface area contributed by atoms with Gasteiger partial charge in [0.15, 0.2) is 5.82 Å². The zero-order chi connectivity index (χ0) is 25.6. The van der Waals surface area contributed by atoms with E-state index in [4.69, 9.17) is 9.97 Å². The van der Waals surface area contributed by atoms with Gasteiger partial charge in [0.05, 0.1) is 6.10 Å². The second kappa shape index (κ2) is 12.2. The Morgan fingerprint density at radius 2 is 1.49 bits per heavy atom. The van der Waals surface area contributed by atoms with Crippen molar-refractivity contribution in [2.24, 2.45) is 0 Å². The first-order chi connectivity index (χ1) is 18.0. The molecule has 37 heavy (non-hydrogen) atoms. The molecule has 5 rings (SSSR count). The van der Waals surface area contributed by atoms with Gasteiger partial charge in [-0.3, -0.25) is 4.90 Å². The molecule has 6 heteroatoms. The number of nitrogens with zero attached hydrogens (tertiary/aromatic N) is 5. The molecule has 3 aromatic rings. The number of rotatable bonds is 8. The van der Waals surface area contributed by atoms with Crippen LogP contribution in [-0.2, 0) is 6.42 Å². The molecular formula is C31H41N5O. The van der Waals surface area contributed by atoms with Gasteiger partial charge >= 0.3 is 0 Å². The van der Waals surface area contributed by atoms with Crippen molar-refractivity contribution in [3.63, 3.8) is 0 Å². The zero-order valence-electron chi connectivity index (χ0n) is 22.4. The van der Waals surface area contributed by atoms with Gasteiger partial charge < -0.3 is 14.9 Å². The fourth-order valence-electron chi connectivity index (χ4n) is 5.73. The Hall–Kier alpha value is -2.80. The lowest BCUT2D eigenvalue weighted by Gasteiger charge is -2.38. The van der Waals surface area contributed by atoms with Crippen molar-refractivity contribution >= 4 is 5.82 Å². The van der Waals surface area contributed by atoms with E-state index in [0.29, 0.717) is 0 Å². The number of piperidine rings is 1. The highest BCUT2D eigenvalue weighted by Gasteiger charge is 2.25. The van der Waals surface area contributed by atoms with E-state index < -0.39 is 0 Å². The summed E-state index contributed by atoms with van der Waals surface area (Å²) in [5.41, 5.74) is 5.87. The summed E-state index contributed by atoms with van der Waals surface area (Å²) in [5.74, 6) is 1.85. The summed E-state index contributed by atoms with van der Waals surface area (Å²) in [7, 11) is 0. The van der Waals surface area contributed by atoms with E-state index in [1.54, 1.807) is 0 Å². The number of aryl methyl sites for hydroxylation is 2. The second-order valence-corrected chi connectivity index (χ2v) is 10.8. The summed E-state index contributed by atoms with van der Waals surface area (Å²) in [4.78, 5) is 17.4. The largest absolute Gasteiger partial charge is 0.390 e. The summed E-state index contributed by atoms with van der Waals surface area (Å²) < 4.78 is 0. The highest BCUT2D eigenvalue weighted by Crippen LogP contribution is 2.28. The fraction of sp³-hybridized carbons (Fsp3) is 0.484. The molecule has 2 aliphatic heterocycles. The van der Waals surface area contributed by atoms with Crippen LogP contribution in [0.15, 0.2) is 54.6 Å². The number of aliphatic hydroxyl groups is 1. The monoisotopic (exact) mass is 499 g/mol. The third-order valence-corrected chi connectivity index (χ3v) is 7.75. The number of aliphatic hydroxyl groups excluding tert-OH is 1. The molecule has 2 fully saturated rings. The molecule has 0 amide bonds. The molecule has 0 spiro atoms. The Balaban J connectivity index is 1.32. The molecule has 2 saturated heterocycles. The minimum atomic E-state index is -0.285. The Morgan fingerprint density at radius 3 is 2.19 bits per heavy atom. The van der Waals surface area contributed by atoms with Crippen molar-refractivity contribution in [1.29, 1.82) is 0 Å². The van der Waals surface area contributed by atoms with Crippen LogP contribution in [0.2, 0.25) is 0 Å². The molecule has 3 heterocycles. The maximum Gasteiger partial charge on any atom is 0.161 e. The van der Waals surface area contributed by atoms with Gasteiger partial charge in [-0.25, -0.2) is 9.97 Å². The minimum Gasteiger partial charge on any atom is -0.390 e. The third-order valence-electron chi connectivity index (χ3n) is 7.75. The van der Waals surface area contributed by atoms with Crippen LogP contribution in [0.1, 0.15) is 41.6 Å². The van der Waals surface area contributed by atoms with Crippen LogP contribution in [0.25, 0.3) is 11.4 Å². The van der Waals surface area contributed by atoms with E-state index in [1.807, 2.05) is 18.2 Å². The molecule has 0 saturated carbocycles. The third kappa shape index (κ3) is 6.75. The molecule has 1 aromatic heterocycles. The van der Waals surface area contributed by atoms with Crippen LogP contribution >= 0.6 is 0 Å². The number of benzene rings is 2. The number of piperazine rings is 1. The van der Waals surface area contributed by atoms with Crippen molar-refractivity contribution in [3.05, 3.63) is 77.0 Å². The number of aromatic nitrogens is 2. The van der Waals surface area contributed by atoms with Crippen LogP contribution in [0.5, 0.6) is 0 Å². The maximum absolute atomic E-state index is 10.7. The SMILES string of the molecule is Cc1cccc(Cc2c(C)nc(-c3ccccc3)nc2N2CCN(C[C@@H](O)CN3CCCCC3)CC2)c1. The van der Waals surface area contributed by atoms with E-state index in [-0.39, 0.29) is 6.10 Å². The number of anilines is 1. The summed E-state index contributed by atoms with van der Waals surface area (Å²) in [5, 5.41) is 10.7. The molecule has 0 bridgehead atoms. The van der Waals surface area contributed by atoms with Crippen molar-refractivity contribution in [2.45, 2.75) is 45.6 Å². The van der Waals surface area contributed by atoms with Crippen molar-refractivity contribution in [3.8, 4) is 11.4 Å². The molecule has 1 N–H and O–H groups in total. The minimum absolute atomic E-state index is 0.285. The highest BCUT2D eigenvalue weighted by atomic mass is 16.3. The first kappa shape index (κ1) is 25.8. The Kier molecular flexibility index (Phi) is 8.49. The van der Waals surface area contributed by atoms with Crippen molar-refractivity contribution in [1.82, 2.24) is 19.8 Å². The average Bonchev–Trinajstić information content (AvgIpc) is 2.91. The van der Waals surface area contributed by atoms with Crippen molar-refractivity contribution in [2.75, 3.05) is 57.3 Å². The highest BCUT2D eigenvalue weighted by molar-refractivity contribution is 5.61. The number of β-amino-alcohol motifs (C(OH)–C–C–N with tert-alkyl or cyclic N) is 1. The quantitative estimate of drug-likeness (QED) is 0.498. The first-order valence-electron chi connectivity index (χ1n) is 13.9. The van der Waals surface area contributed by atoms with Gasteiger partial charge in [0.1, 0.15) is 5.82 Å². The predicted molar refractivity (Wildman–Crippen MR) is 151 cm³/mol. The molecule has 2 aromatic carbocycles.